The normalized spacial score (nSPS) is 14.7. The molecule has 3 rings (SSSR count). The molecule has 0 spiro atoms. The van der Waals surface area contributed by atoms with E-state index in [1.165, 1.54) is 6.07 Å². The fourth-order valence-corrected chi connectivity index (χ4v) is 2.30. The van der Waals surface area contributed by atoms with E-state index in [9.17, 15) is 10.1 Å². The number of benzene rings is 1. The van der Waals surface area contributed by atoms with Crippen LogP contribution in [0.25, 0.3) is 10.9 Å². The van der Waals surface area contributed by atoms with Crippen LogP contribution < -0.4 is 4.74 Å². The average molecular weight is 244 g/mol. The van der Waals surface area contributed by atoms with Gasteiger partial charge in [0, 0.05) is 12.3 Å². The van der Waals surface area contributed by atoms with E-state index in [2.05, 4.69) is 4.98 Å². The number of rotatable bonds is 3. The standard InChI is InChI=1S/C13H12N2O3/c1-18-11-5-4-10(15(16)17)12-9(8-2-3-8)6-7-14-13(11)12/h4-8H,2-3H2,1H3. The number of nitrogens with zero attached hydrogens (tertiary/aromatic N) is 2. The molecule has 0 bridgehead atoms. The van der Waals surface area contributed by atoms with Gasteiger partial charge in [-0.25, -0.2) is 0 Å². The van der Waals surface area contributed by atoms with E-state index in [1.54, 1.807) is 19.4 Å². The molecule has 0 saturated heterocycles. The molecule has 0 amide bonds. The maximum absolute atomic E-state index is 11.1. The lowest BCUT2D eigenvalue weighted by Crippen LogP contribution is -1.96. The molecule has 0 unspecified atom stereocenters. The highest BCUT2D eigenvalue weighted by atomic mass is 16.6. The number of ether oxygens (including phenoxy) is 1. The van der Waals surface area contributed by atoms with Crippen molar-refractivity contribution in [3.05, 3.63) is 40.1 Å². The molecule has 1 saturated carbocycles. The Hall–Kier alpha value is -2.17. The van der Waals surface area contributed by atoms with Gasteiger partial charge in [0.05, 0.1) is 17.4 Å². The van der Waals surface area contributed by atoms with Crippen molar-refractivity contribution in [2.24, 2.45) is 0 Å². The maximum Gasteiger partial charge on any atom is 0.279 e. The Morgan fingerprint density at radius 3 is 2.78 bits per heavy atom. The first-order valence-corrected chi connectivity index (χ1v) is 5.82. The van der Waals surface area contributed by atoms with Crippen molar-refractivity contribution >= 4 is 16.6 Å². The molecule has 0 radical (unpaired) electrons. The Labute approximate surface area is 104 Å². The predicted molar refractivity (Wildman–Crippen MR) is 66.9 cm³/mol. The highest BCUT2D eigenvalue weighted by Gasteiger charge is 2.29. The zero-order valence-corrected chi connectivity index (χ0v) is 9.92. The molecule has 0 N–H and O–H groups in total. The average Bonchev–Trinajstić information content (AvgIpc) is 3.20. The van der Waals surface area contributed by atoms with Crippen LogP contribution in [0, 0.1) is 10.1 Å². The lowest BCUT2D eigenvalue weighted by Gasteiger charge is -2.08. The Kier molecular flexibility index (Phi) is 2.40. The summed E-state index contributed by atoms with van der Waals surface area (Å²) in [5.41, 5.74) is 1.71. The van der Waals surface area contributed by atoms with E-state index in [-0.39, 0.29) is 10.6 Å². The molecule has 1 fully saturated rings. The monoisotopic (exact) mass is 244 g/mol. The molecule has 18 heavy (non-hydrogen) atoms. The summed E-state index contributed by atoms with van der Waals surface area (Å²) in [5, 5.41) is 11.8. The maximum atomic E-state index is 11.1. The van der Waals surface area contributed by atoms with E-state index < -0.39 is 0 Å². The molecule has 1 aliphatic rings. The van der Waals surface area contributed by atoms with Gasteiger partial charge < -0.3 is 4.74 Å². The molecule has 0 atom stereocenters. The number of hydrogen-bond acceptors (Lipinski definition) is 4. The number of methoxy groups -OCH3 is 1. The second-order valence-electron chi connectivity index (χ2n) is 4.44. The minimum absolute atomic E-state index is 0.112. The Morgan fingerprint density at radius 2 is 2.17 bits per heavy atom. The summed E-state index contributed by atoms with van der Waals surface area (Å²) in [5.74, 6) is 1.01. The highest BCUT2D eigenvalue weighted by Crippen LogP contribution is 2.46. The molecule has 5 heteroatoms. The lowest BCUT2D eigenvalue weighted by atomic mass is 10.0. The fraction of sp³-hybridized carbons (Fsp3) is 0.308. The molecule has 92 valence electrons. The van der Waals surface area contributed by atoms with Crippen molar-refractivity contribution in [2.75, 3.05) is 7.11 Å². The van der Waals surface area contributed by atoms with E-state index in [0.29, 0.717) is 22.6 Å². The van der Waals surface area contributed by atoms with Gasteiger partial charge in [-0.1, -0.05) is 0 Å². The van der Waals surface area contributed by atoms with Crippen molar-refractivity contribution < 1.29 is 9.66 Å². The van der Waals surface area contributed by atoms with E-state index in [0.717, 1.165) is 18.4 Å². The van der Waals surface area contributed by atoms with Gasteiger partial charge >= 0.3 is 0 Å². The van der Waals surface area contributed by atoms with Crippen molar-refractivity contribution in [1.29, 1.82) is 0 Å². The minimum atomic E-state index is -0.352. The van der Waals surface area contributed by atoms with Crippen LogP contribution in [0.15, 0.2) is 24.4 Å². The van der Waals surface area contributed by atoms with Crippen molar-refractivity contribution in [3.63, 3.8) is 0 Å². The Bertz CT molecular complexity index is 635. The van der Waals surface area contributed by atoms with E-state index in [4.69, 9.17) is 4.74 Å². The van der Waals surface area contributed by atoms with Crippen molar-refractivity contribution in [1.82, 2.24) is 4.98 Å². The Balaban J connectivity index is 2.39. The van der Waals surface area contributed by atoms with Crippen molar-refractivity contribution in [3.8, 4) is 5.75 Å². The van der Waals surface area contributed by atoms with Gasteiger partial charge in [-0.15, -0.1) is 0 Å². The third-order valence-electron chi connectivity index (χ3n) is 3.30. The van der Waals surface area contributed by atoms with E-state index >= 15 is 0 Å². The van der Waals surface area contributed by atoms with Crippen LogP contribution >= 0.6 is 0 Å². The molecule has 1 aromatic carbocycles. The lowest BCUT2D eigenvalue weighted by molar-refractivity contribution is -0.383. The summed E-state index contributed by atoms with van der Waals surface area (Å²) in [6.07, 6.45) is 3.88. The third-order valence-corrected chi connectivity index (χ3v) is 3.30. The van der Waals surface area contributed by atoms with E-state index in [1.807, 2.05) is 6.07 Å². The van der Waals surface area contributed by atoms with Crippen LogP contribution in [0.5, 0.6) is 5.75 Å². The van der Waals surface area contributed by atoms with Crippen LogP contribution in [-0.2, 0) is 0 Å². The third kappa shape index (κ3) is 1.59. The van der Waals surface area contributed by atoms with Crippen LogP contribution in [0.1, 0.15) is 24.3 Å². The first-order valence-electron chi connectivity index (χ1n) is 5.82. The number of nitro benzene ring substituents is 1. The molecule has 1 aliphatic carbocycles. The summed E-state index contributed by atoms with van der Waals surface area (Å²) >= 11 is 0. The van der Waals surface area contributed by atoms with Gasteiger partial charge in [0.15, 0.2) is 0 Å². The van der Waals surface area contributed by atoms with Gasteiger partial charge in [0.25, 0.3) is 5.69 Å². The Morgan fingerprint density at radius 1 is 1.39 bits per heavy atom. The molecular formula is C13H12N2O3. The molecule has 5 nitrogen and oxygen atoms in total. The van der Waals surface area contributed by atoms with Crippen LogP contribution in [-0.4, -0.2) is 17.0 Å². The van der Waals surface area contributed by atoms with Gasteiger partial charge in [-0.3, -0.25) is 15.1 Å². The summed E-state index contributed by atoms with van der Waals surface area (Å²) in [4.78, 5) is 15.0. The quantitative estimate of drug-likeness (QED) is 0.614. The largest absolute Gasteiger partial charge is 0.494 e. The highest BCUT2D eigenvalue weighted by molar-refractivity contribution is 5.95. The first-order chi connectivity index (χ1) is 8.72. The van der Waals surface area contributed by atoms with Crippen LogP contribution in [0.4, 0.5) is 5.69 Å². The predicted octanol–water partition coefficient (Wildman–Crippen LogP) is 3.03. The topological polar surface area (TPSA) is 65.3 Å². The number of non-ortho nitro benzene ring substituents is 1. The number of pyridine rings is 1. The number of aromatic nitrogens is 1. The summed E-state index contributed by atoms with van der Waals surface area (Å²) < 4.78 is 5.23. The molecular weight excluding hydrogens is 232 g/mol. The fourth-order valence-electron chi connectivity index (χ4n) is 2.30. The first kappa shape index (κ1) is 11.0. The second kappa shape index (κ2) is 3.94. The summed E-state index contributed by atoms with van der Waals surface area (Å²) in [7, 11) is 1.55. The van der Waals surface area contributed by atoms with Gasteiger partial charge in [0.2, 0.25) is 0 Å². The zero-order chi connectivity index (χ0) is 12.7. The van der Waals surface area contributed by atoms with Crippen LogP contribution in [0.2, 0.25) is 0 Å². The molecule has 0 aliphatic heterocycles. The van der Waals surface area contributed by atoms with Gasteiger partial charge in [-0.05, 0) is 36.5 Å². The minimum Gasteiger partial charge on any atom is -0.494 e. The summed E-state index contributed by atoms with van der Waals surface area (Å²) in [6.45, 7) is 0. The smallest absolute Gasteiger partial charge is 0.279 e. The van der Waals surface area contributed by atoms with Gasteiger partial charge in [0.1, 0.15) is 11.3 Å². The summed E-state index contributed by atoms with van der Waals surface area (Å²) in [6, 6.07) is 4.98. The zero-order valence-electron chi connectivity index (χ0n) is 9.92. The second-order valence-corrected chi connectivity index (χ2v) is 4.44. The molecule has 2 aromatic rings. The number of fused-ring (bicyclic) bond motifs is 1. The number of nitro groups is 1. The SMILES string of the molecule is COc1ccc([N+](=O)[O-])c2c(C3CC3)ccnc12. The van der Waals surface area contributed by atoms with Crippen LogP contribution in [0.3, 0.4) is 0 Å². The molecule has 1 aromatic heterocycles. The van der Waals surface area contributed by atoms with Gasteiger partial charge in [-0.2, -0.15) is 0 Å². The number of hydrogen-bond donors (Lipinski definition) is 0. The molecule has 1 heterocycles. The van der Waals surface area contributed by atoms with Crippen molar-refractivity contribution in [2.45, 2.75) is 18.8 Å².